The van der Waals surface area contributed by atoms with Crippen LogP contribution in [0.2, 0.25) is 5.02 Å². The third kappa shape index (κ3) is 2.83. The fourth-order valence-corrected chi connectivity index (χ4v) is 4.04. The second-order valence-corrected chi connectivity index (χ2v) is 7.21. The van der Waals surface area contributed by atoms with Crippen LogP contribution in [-0.4, -0.2) is 32.4 Å². The minimum atomic E-state index is -0.106. The van der Waals surface area contributed by atoms with E-state index in [9.17, 15) is 4.79 Å². The predicted molar refractivity (Wildman–Crippen MR) is 105 cm³/mol. The molecule has 8 heteroatoms. The van der Waals surface area contributed by atoms with Gasteiger partial charge >= 0.3 is 0 Å². The highest BCUT2D eigenvalue weighted by atomic mass is 35.5. The van der Waals surface area contributed by atoms with Gasteiger partial charge in [0.15, 0.2) is 5.13 Å². The third-order valence-electron chi connectivity index (χ3n) is 4.19. The van der Waals surface area contributed by atoms with Gasteiger partial charge in [-0.05, 0) is 50.2 Å². The van der Waals surface area contributed by atoms with E-state index >= 15 is 0 Å². The van der Waals surface area contributed by atoms with Gasteiger partial charge in [0.25, 0.3) is 5.91 Å². The van der Waals surface area contributed by atoms with Crippen LogP contribution in [0.4, 0.5) is 5.13 Å². The van der Waals surface area contributed by atoms with Crippen molar-refractivity contribution in [1.29, 1.82) is 0 Å². The van der Waals surface area contributed by atoms with Gasteiger partial charge in [-0.1, -0.05) is 28.2 Å². The molecule has 0 bridgehead atoms. The fraction of sp³-hybridized carbons (Fsp3) is 0.222. The zero-order valence-electron chi connectivity index (χ0n) is 14.3. The lowest BCUT2D eigenvalue weighted by Gasteiger charge is -2.17. The number of aryl methyl sites for hydroxylation is 1. The van der Waals surface area contributed by atoms with E-state index in [1.165, 1.54) is 11.3 Å². The number of carbonyl (C=O) groups excluding carboxylic acids is 1. The van der Waals surface area contributed by atoms with Gasteiger partial charge in [0, 0.05) is 23.7 Å². The maximum atomic E-state index is 13.1. The van der Waals surface area contributed by atoms with Crippen molar-refractivity contribution < 1.29 is 4.79 Å². The van der Waals surface area contributed by atoms with Crippen LogP contribution in [0.15, 0.2) is 36.4 Å². The molecule has 0 unspecified atom stereocenters. The van der Waals surface area contributed by atoms with E-state index in [0.717, 1.165) is 22.3 Å². The molecule has 132 valence electrons. The first-order valence-electron chi connectivity index (χ1n) is 8.32. The van der Waals surface area contributed by atoms with Gasteiger partial charge < -0.3 is 0 Å². The van der Waals surface area contributed by atoms with Crippen molar-refractivity contribution in [3.8, 4) is 0 Å². The molecule has 0 saturated carbocycles. The Labute approximate surface area is 159 Å². The summed E-state index contributed by atoms with van der Waals surface area (Å²) in [5, 5.41) is 9.53. The smallest absolute Gasteiger partial charge is 0.260 e. The van der Waals surface area contributed by atoms with E-state index in [1.807, 2.05) is 44.2 Å². The Morgan fingerprint density at radius 1 is 1.19 bits per heavy atom. The first-order valence-corrected chi connectivity index (χ1v) is 9.51. The summed E-state index contributed by atoms with van der Waals surface area (Å²) in [6, 6.07) is 11.0. The molecule has 0 atom stereocenters. The van der Waals surface area contributed by atoms with Crippen LogP contribution in [0.1, 0.15) is 24.2 Å². The molecule has 0 saturated heterocycles. The lowest BCUT2D eigenvalue weighted by molar-refractivity contribution is 0.0988. The van der Waals surface area contributed by atoms with Gasteiger partial charge in [-0.15, -0.1) is 5.10 Å². The fourth-order valence-electron chi connectivity index (χ4n) is 2.86. The minimum Gasteiger partial charge on any atom is -0.284 e. The molecular formula is C18H16ClN5OS. The normalized spacial score (nSPS) is 11.3. The summed E-state index contributed by atoms with van der Waals surface area (Å²) in [4.78, 5) is 19.3. The molecule has 0 aliphatic rings. The number of benzene rings is 2. The number of halogens is 1. The minimum absolute atomic E-state index is 0.106. The molecule has 0 spiro atoms. The molecule has 4 aromatic rings. The average Bonchev–Trinajstić information content (AvgIpc) is 3.24. The van der Waals surface area contributed by atoms with Gasteiger partial charge in [-0.3, -0.25) is 9.69 Å². The lowest BCUT2D eigenvalue weighted by Crippen LogP contribution is -2.30. The molecule has 0 aliphatic heterocycles. The van der Waals surface area contributed by atoms with E-state index in [4.69, 9.17) is 11.6 Å². The van der Waals surface area contributed by atoms with Crippen LogP contribution < -0.4 is 4.90 Å². The molecule has 0 radical (unpaired) electrons. The SMILES string of the molecule is CCN(C(=O)c1ccc2c(c1)nnn2CC)c1nc2cc(Cl)ccc2s1. The number of hydrogen-bond acceptors (Lipinski definition) is 5. The predicted octanol–water partition coefficient (Wildman–Crippen LogP) is 4.38. The molecule has 0 N–H and O–H groups in total. The van der Waals surface area contributed by atoms with E-state index < -0.39 is 0 Å². The molecule has 2 aromatic heterocycles. The second kappa shape index (κ2) is 6.66. The highest BCUT2D eigenvalue weighted by Crippen LogP contribution is 2.31. The summed E-state index contributed by atoms with van der Waals surface area (Å²) in [6.45, 7) is 5.19. The van der Waals surface area contributed by atoms with Crippen molar-refractivity contribution in [3.05, 3.63) is 47.0 Å². The molecule has 1 amide bonds. The van der Waals surface area contributed by atoms with Crippen molar-refractivity contribution in [3.63, 3.8) is 0 Å². The van der Waals surface area contributed by atoms with E-state index in [1.54, 1.807) is 15.6 Å². The molecule has 0 aliphatic carbocycles. The number of anilines is 1. The van der Waals surface area contributed by atoms with Crippen molar-refractivity contribution in [2.24, 2.45) is 0 Å². The van der Waals surface area contributed by atoms with Gasteiger partial charge in [0.05, 0.1) is 15.7 Å². The van der Waals surface area contributed by atoms with Gasteiger partial charge in [-0.2, -0.15) is 0 Å². The van der Waals surface area contributed by atoms with Gasteiger partial charge in [0.2, 0.25) is 0 Å². The Kier molecular flexibility index (Phi) is 4.34. The van der Waals surface area contributed by atoms with E-state index in [0.29, 0.717) is 27.8 Å². The number of nitrogens with zero attached hydrogens (tertiary/aromatic N) is 5. The summed E-state index contributed by atoms with van der Waals surface area (Å²) >= 11 is 7.51. The number of aromatic nitrogens is 4. The summed E-state index contributed by atoms with van der Waals surface area (Å²) in [5.74, 6) is -0.106. The Morgan fingerprint density at radius 2 is 2.04 bits per heavy atom. The maximum absolute atomic E-state index is 13.1. The Morgan fingerprint density at radius 3 is 2.81 bits per heavy atom. The van der Waals surface area contributed by atoms with E-state index in [-0.39, 0.29) is 5.91 Å². The zero-order valence-corrected chi connectivity index (χ0v) is 15.9. The molecular weight excluding hydrogens is 370 g/mol. The second-order valence-electron chi connectivity index (χ2n) is 5.77. The zero-order chi connectivity index (χ0) is 18.3. The quantitative estimate of drug-likeness (QED) is 0.523. The number of carbonyl (C=O) groups is 1. The van der Waals surface area contributed by atoms with Crippen LogP contribution in [-0.2, 0) is 6.54 Å². The average molecular weight is 386 g/mol. The Bertz CT molecular complexity index is 1120. The molecule has 26 heavy (non-hydrogen) atoms. The van der Waals surface area contributed by atoms with Gasteiger partial charge in [-0.25, -0.2) is 9.67 Å². The number of fused-ring (bicyclic) bond motifs is 2. The van der Waals surface area contributed by atoms with Crippen LogP contribution in [0.3, 0.4) is 0 Å². The lowest BCUT2D eigenvalue weighted by atomic mass is 10.1. The summed E-state index contributed by atoms with van der Waals surface area (Å²) in [6.07, 6.45) is 0. The largest absolute Gasteiger partial charge is 0.284 e. The number of amides is 1. The number of rotatable bonds is 4. The van der Waals surface area contributed by atoms with Crippen molar-refractivity contribution >= 4 is 55.2 Å². The molecule has 6 nitrogen and oxygen atoms in total. The van der Waals surface area contributed by atoms with Crippen LogP contribution in [0.25, 0.3) is 21.3 Å². The Hall–Kier alpha value is -2.51. The molecule has 2 aromatic carbocycles. The standard InChI is InChI=1S/C18H16ClN5OS/c1-3-23(18-20-14-10-12(19)6-8-16(14)26-18)17(25)11-5-7-15-13(9-11)21-22-24(15)4-2/h5-10H,3-4H2,1-2H3. The molecule has 2 heterocycles. The van der Waals surface area contributed by atoms with Gasteiger partial charge in [0.1, 0.15) is 5.52 Å². The van der Waals surface area contributed by atoms with Crippen LogP contribution in [0, 0.1) is 0 Å². The summed E-state index contributed by atoms with van der Waals surface area (Å²) in [5.41, 5.74) is 3.00. The summed E-state index contributed by atoms with van der Waals surface area (Å²) < 4.78 is 2.80. The van der Waals surface area contributed by atoms with Crippen LogP contribution in [0.5, 0.6) is 0 Å². The van der Waals surface area contributed by atoms with Crippen LogP contribution >= 0.6 is 22.9 Å². The van der Waals surface area contributed by atoms with E-state index in [2.05, 4.69) is 15.3 Å². The Balaban J connectivity index is 1.72. The van der Waals surface area contributed by atoms with Crippen molar-refractivity contribution in [1.82, 2.24) is 20.0 Å². The first-order chi connectivity index (χ1) is 12.6. The van der Waals surface area contributed by atoms with Crippen molar-refractivity contribution in [2.45, 2.75) is 20.4 Å². The first kappa shape index (κ1) is 16.9. The summed E-state index contributed by atoms with van der Waals surface area (Å²) in [7, 11) is 0. The molecule has 0 fully saturated rings. The number of hydrogen-bond donors (Lipinski definition) is 0. The number of thiazole rings is 1. The van der Waals surface area contributed by atoms with Crippen molar-refractivity contribution in [2.75, 3.05) is 11.4 Å². The topological polar surface area (TPSA) is 63.9 Å². The molecule has 4 rings (SSSR count). The third-order valence-corrected chi connectivity index (χ3v) is 5.49. The highest BCUT2D eigenvalue weighted by Gasteiger charge is 2.20. The maximum Gasteiger partial charge on any atom is 0.260 e. The highest BCUT2D eigenvalue weighted by molar-refractivity contribution is 7.22. The monoisotopic (exact) mass is 385 g/mol.